The smallest absolute Gasteiger partial charge is 0.246 e. The molecule has 12 amide bonds. The second kappa shape index (κ2) is 52.8. The number of guanidine groups is 1. The minimum Gasteiger partial charge on any atom is -0.394 e. The number of para-hydroxylation sites is 1. The van der Waals surface area contributed by atoms with Crippen molar-refractivity contribution in [2.24, 2.45) is 27.9 Å². The van der Waals surface area contributed by atoms with Gasteiger partial charge in [-0.05, 0) is 81.4 Å². The van der Waals surface area contributed by atoms with Crippen LogP contribution in [0.25, 0.3) is 10.9 Å². The second-order valence-corrected chi connectivity index (χ2v) is 28.9. The van der Waals surface area contributed by atoms with Crippen LogP contribution in [0, 0.1) is 0 Å². The zero-order valence-corrected chi connectivity index (χ0v) is 65.3. The van der Waals surface area contributed by atoms with Gasteiger partial charge in [0.05, 0.1) is 44.6 Å². The molecule has 5 rings (SSSR count). The summed E-state index contributed by atoms with van der Waals surface area (Å²) in [6.45, 7) is 2.55. The number of fused-ring (bicyclic) bond motifs is 2. The van der Waals surface area contributed by atoms with Crippen molar-refractivity contribution in [3.8, 4) is 0 Å². The quantitative estimate of drug-likeness (QED) is 0.0205. The number of carbonyl (C=O) groups is 12. The molecular formula is C78H125N17O17. The van der Waals surface area contributed by atoms with Gasteiger partial charge in [0.25, 0.3) is 0 Å². The van der Waals surface area contributed by atoms with E-state index < -0.39 is 164 Å². The highest BCUT2D eigenvalue weighted by Gasteiger charge is 2.44. The lowest BCUT2D eigenvalue weighted by molar-refractivity contribution is -0.143. The lowest BCUT2D eigenvalue weighted by atomic mass is 10.0. The van der Waals surface area contributed by atoms with E-state index in [0.29, 0.717) is 30.4 Å². The van der Waals surface area contributed by atoms with Gasteiger partial charge in [0.2, 0.25) is 70.9 Å². The van der Waals surface area contributed by atoms with E-state index in [1.54, 1.807) is 49.5 Å². The first-order valence-corrected chi connectivity index (χ1v) is 40.0. The van der Waals surface area contributed by atoms with Crippen LogP contribution in [0.4, 0.5) is 0 Å². The Morgan fingerprint density at radius 3 is 1.96 bits per heavy atom. The number of aliphatic imine (C=N–C) groups is 1. The van der Waals surface area contributed by atoms with Crippen molar-refractivity contribution < 1.29 is 82.3 Å². The van der Waals surface area contributed by atoms with Crippen LogP contribution in [0.1, 0.15) is 198 Å². The average molecular weight is 1570 g/mol. The lowest BCUT2D eigenvalue weighted by Crippen LogP contribution is -2.62. The number of aliphatic hydroxyl groups is 3. The number of unbranched alkanes of at least 4 members (excludes halogenated alkanes) is 13. The van der Waals surface area contributed by atoms with Gasteiger partial charge >= 0.3 is 0 Å². The maximum absolute atomic E-state index is 15.2. The van der Waals surface area contributed by atoms with Gasteiger partial charge in [-0.2, -0.15) is 0 Å². The van der Waals surface area contributed by atoms with E-state index in [0.717, 1.165) is 35.1 Å². The Bertz CT molecular complexity index is 3450. The van der Waals surface area contributed by atoms with Crippen molar-refractivity contribution in [3.63, 3.8) is 0 Å². The molecule has 2 aliphatic rings. The van der Waals surface area contributed by atoms with Crippen molar-refractivity contribution in [3.05, 3.63) is 71.9 Å². The Kier molecular flexibility index (Phi) is 44.0. The molecule has 11 atom stereocenters. The molecule has 112 heavy (non-hydrogen) atoms. The van der Waals surface area contributed by atoms with E-state index in [4.69, 9.17) is 32.4 Å². The van der Waals surface area contributed by atoms with Crippen LogP contribution in [0.3, 0.4) is 0 Å². The number of primary amides is 2. The van der Waals surface area contributed by atoms with Crippen molar-refractivity contribution in [1.82, 2.24) is 63.1 Å². The number of ether oxygens (including phenoxy) is 2. The number of aromatic amines is 1. The van der Waals surface area contributed by atoms with Crippen LogP contribution in [0.5, 0.6) is 0 Å². The van der Waals surface area contributed by atoms with Crippen molar-refractivity contribution in [1.29, 1.82) is 0 Å². The van der Waals surface area contributed by atoms with E-state index in [-0.39, 0.29) is 122 Å². The molecule has 22 N–H and O–H groups in total. The number of nitrogens with two attached hydrogens (primary N) is 4. The van der Waals surface area contributed by atoms with E-state index in [1.165, 1.54) is 64.2 Å². The summed E-state index contributed by atoms with van der Waals surface area (Å²) in [5.74, 6) is -9.82. The normalized spacial score (nSPS) is 20.6. The Balaban J connectivity index is 1.28. The molecule has 0 spiro atoms. The number of aromatic nitrogens is 1. The number of benzene rings is 2. The van der Waals surface area contributed by atoms with E-state index in [2.05, 4.69) is 70.1 Å². The molecular weight excluding hydrogens is 1450 g/mol. The molecule has 2 aliphatic heterocycles. The molecule has 0 saturated carbocycles. The summed E-state index contributed by atoms with van der Waals surface area (Å²) in [5.41, 5.74) is 24.5. The highest BCUT2D eigenvalue weighted by molar-refractivity contribution is 5.98. The van der Waals surface area contributed by atoms with Crippen molar-refractivity contribution in [2.75, 3.05) is 59.2 Å². The average Bonchev–Trinajstić information content (AvgIpc) is 1.64. The van der Waals surface area contributed by atoms with Gasteiger partial charge in [0.15, 0.2) is 5.96 Å². The highest BCUT2D eigenvalue weighted by atomic mass is 16.5. The zero-order valence-electron chi connectivity index (χ0n) is 65.3. The van der Waals surface area contributed by atoms with Crippen LogP contribution >= 0.6 is 0 Å². The van der Waals surface area contributed by atoms with Gasteiger partial charge in [-0.3, -0.25) is 67.8 Å². The lowest BCUT2D eigenvalue weighted by Gasteiger charge is -2.33. The first kappa shape index (κ1) is 93.3. The fourth-order valence-electron chi connectivity index (χ4n) is 13.4. The third-order valence-corrected chi connectivity index (χ3v) is 19.7. The molecule has 34 nitrogen and oxygen atoms in total. The predicted octanol–water partition coefficient (Wildman–Crippen LogP) is 0.283. The topological polar surface area (TPSA) is 540 Å². The first-order valence-electron chi connectivity index (χ1n) is 40.0. The predicted molar refractivity (Wildman–Crippen MR) is 420 cm³/mol. The molecule has 0 bridgehead atoms. The molecule has 2 aromatic carbocycles. The second-order valence-electron chi connectivity index (χ2n) is 28.9. The molecule has 624 valence electrons. The molecule has 0 aliphatic carbocycles. The summed E-state index contributed by atoms with van der Waals surface area (Å²) in [6.07, 6.45) is 14.0. The van der Waals surface area contributed by atoms with Gasteiger partial charge in [0, 0.05) is 75.4 Å². The molecule has 34 heteroatoms. The molecule has 2 fully saturated rings. The molecule has 3 heterocycles. The monoisotopic (exact) mass is 1570 g/mol. The summed E-state index contributed by atoms with van der Waals surface area (Å²) in [5, 5.41) is 61.8. The van der Waals surface area contributed by atoms with Gasteiger partial charge in [-0.15, -0.1) is 0 Å². The fraction of sp³-hybridized carbons (Fsp3) is 0.654. The van der Waals surface area contributed by atoms with E-state index >= 15 is 4.79 Å². The number of amides is 12. The summed E-state index contributed by atoms with van der Waals surface area (Å²) in [6, 6.07) is 2.84. The maximum atomic E-state index is 15.2. The molecule has 0 unspecified atom stereocenters. The Hall–Kier alpha value is -9.35. The first-order chi connectivity index (χ1) is 53.9. The van der Waals surface area contributed by atoms with E-state index in [1.807, 2.05) is 18.2 Å². The number of H-pyrrole nitrogens is 1. The summed E-state index contributed by atoms with van der Waals surface area (Å²) in [7, 11) is 0. The largest absolute Gasteiger partial charge is 0.394 e. The highest BCUT2D eigenvalue weighted by Crippen LogP contribution is 2.24. The van der Waals surface area contributed by atoms with Crippen LogP contribution in [0.15, 0.2) is 65.8 Å². The minimum atomic E-state index is -1.78. The maximum Gasteiger partial charge on any atom is 0.246 e. The fourth-order valence-corrected chi connectivity index (χ4v) is 13.4. The molecule has 3 aromatic rings. The SMILES string of the molecule is CCCCCCCCCCCCCCCC(=O)NCCOCCOCC(=O)N[C@@H](CCC(N)=O)C(=O)N[C@@H](CO)C(=O)N[C@@H](CCCC)C(=O)N[C@H]1CCC(=O)NCCCC[C@@H](C(N)=O)NC(=O)[C@H](Cc2c[nH]c3ccccc23)NC(=O)[C@H](CCCN=C(N)N)N[C@@H](O)[C@@H](Cc2ccccc2)NC(=O)[C@@H]2C[C@@H](O)CN2C1=O. The summed E-state index contributed by atoms with van der Waals surface area (Å²) >= 11 is 0. The number of nitrogens with zero attached hydrogens (tertiary/aromatic N) is 2. The number of aliphatic hydroxyl groups excluding tert-OH is 3. The van der Waals surface area contributed by atoms with E-state index in [9.17, 15) is 68.1 Å². The van der Waals surface area contributed by atoms with Gasteiger partial charge < -0.3 is 105 Å². The zero-order chi connectivity index (χ0) is 81.6. The van der Waals surface area contributed by atoms with Crippen LogP contribution in [0.2, 0.25) is 0 Å². The van der Waals surface area contributed by atoms with Crippen LogP contribution < -0.4 is 76.1 Å². The number of hydrogen-bond donors (Lipinski definition) is 18. The van der Waals surface area contributed by atoms with Gasteiger partial charge in [-0.25, -0.2) is 0 Å². The van der Waals surface area contributed by atoms with Crippen molar-refractivity contribution >= 4 is 87.7 Å². The van der Waals surface area contributed by atoms with Gasteiger partial charge in [-0.1, -0.05) is 152 Å². The van der Waals surface area contributed by atoms with Crippen molar-refractivity contribution in [2.45, 2.75) is 267 Å². The van der Waals surface area contributed by atoms with Crippen LogP contribution in [-0.4, -0.2) is 228 Å². The Morgan fingerprint density at radius 1 is 0.643 bits per heavy atom. The summed E-state index contributed by atoms with van der Waals surface area (Å²) < 4.78 is 11.0. The Morgan fingerprint density at radius 2 is 1.29 bits per heavy atom. The number of rotatable bonds is 45. The summed E-state index contributed by atoms with van der Waals surface area (Å²) in [4.78, 5) is 175. The third kappa shape index (κ3) is 35.6. The molecule has 2 saturated heterocycles. The van der Waals surface area contributed by atoms with Crippen LogP contribution in [-0.2, 0) is 79.8 Å². The standard InChI is InChI=1S/C78H125N17O17/c1-3-5-7-8-9-10-11-12-13-14-15-16-20-33-66(99)84-40-41-111-42-43-112-50-68(101)87-59(34-36-65(79)98)72(105)94-63(49-96)75(108)90-57(29-6-4-2)70(103)91-60-35-37-67(100)83-38-24-23-31-56(69(80)102)88-74(107)62(45-52-47-86-55-30-22-21-28-54(52)55)92-71(104)58(32-25-39-85-78(81)82)89-73(106)61(44-51-26-18-17-19-27-51)93-76(109)64-46-53(97)48-95(64)77(60)110/h17-19,21-22,26-28,30,47,53,56-64,73,86,89,96-97,106H,3-16,20,23-25,29,31-46,48-50H2,1-2H3,(H2,79,98)(H2,80,102)(H,83,100)(H,84,99)(H,87,101)(H,88,107)(H,90,108)(H,91,103)(H,92,104)(H,93,109)(H,94,105)(H4,81,82,85)/t53-,56+,57+,58+,59+,60+,61-,62+,63+,64+,73+/m1/s1. The third-order valence-electron chi connectivity index (χ3n) is 19.7. The number of hydrogen-bond acceptors (Lipinski definition) is 19. The number of nitrogens with one attached hydrogen (secondary N) is 11. The number of carbonyl (C=O) groups excluding carboxylic acids is 12. The molecule has 0 radical (unpaired) electrons. The Labute approximate surface area is 656 Å². The minimum absolute atomic E-state index is 0.00139. The van der Waals surface area contributed by atoms with Gasteiger partial charge in [0.1, 0.15) is 55.1 Å². The molecule has 1 aromatic heterocycles.